The minimum atomic E-state index is -5.61. The van der Waals surface area contributed by atoms with Crippen LogP contribution in [-0.2, 0) is 61.2 Å². The van der Waals surface area contributed by atoms with E-state index in [-0.39, 0.29) is 59.6 Å². The van der Waals surface area contributed by atoms with E-state index in [4.69, 9.17) is 24.0 Å². The Balaban J connectivity index is 1.20. The lowest BCUT2D eigenvalue weighted by Gasteiger charge is -2.30. The molecule has 2 aliphatic rings. The van der Waals surface area contributed by atoms with Crippen molar-refractivity contribution in [1.29, 1.82) is 0 Å². The van der Waals surface area contributed by atoms with Crippen molar-refractivity contribution in [2.24, 2.45) is 11.3 Å². The van der Waals surface area contributed by atoms with E-state index in [2.05, 4.69) is 29.9 Å². The van der Waals surface area contributed by atoms with E-state index in [0.29, 0.717) is 12.3 Å². The number of nitrogens with one attached hydrogen (secondary N) is 2. The summed E-state index contributed by atoms with van der Waals surface area (Å²) < 4.78 is 62.8. The second-order valence-corrected chi connectivity index (χ2v) is 20.7. The molecular weight excluding hydrogens is 895 g/mol. The molecule has 4 rings (SSSR count). The highest BCUT2D eigenvalue weighted by atomic mass is 32.2. The average molecular weight is 948 g/mol. The summed E-state index contributed by atoms with van der Waals surface area (Å²) in [6.45, 7) is 1.57. The highest BCUT2D eigenvalue weighted by Gasteiger charge is 2.57. The first-order chi connectivity index (χ1) is 28.3. The maximum Gasteiger partial charge on any atom is 0.481 e. The Morgan fingerprint density at radius 2 is 1.70 bits per heavy atom. The van der Waals surface area contributed by atoms with Gasteiger partial charge in [-0.15, -0.1) is 0 Å². The van der Waals surface area contributed by atoms with Gasteiger partial charge < -0.3 is 50.9 Å². The van der Waals surface area contributed by atoms with Crippen molar-refractivity contribution in [3.8, 4) is 0 Å². The fourth-order valence-corrected chi connectivity index (χ4v) is 10.1. The molecule has 1 saturated heterocycles. The number of carbonyl (C=O) groups excluding carboxylic acids is 4. The maximum atomic E-state index is 12.8. The van der Waals surface area contributed by atoms with E-state index in [9.17, 15) is 62.7 Å². The van der Waals surface area contributed by atoms with Gasteiger partial charge in [0.05, 0.1) is 26.0 Å². The van der Waals surface area contributed by atoms with Crippen LogP contribution in [0.3, 0.4) is 0 Å². The number of carbonyl (C=O) groups is 4. The van der Waals surface area contributed by atoms with Gasteiger partial charge in [0.15, 0.2) is 22.3 Å². The third kappa shape index (κ3) is 14.9. The Kier molecular flexibility index (Phi) is 17.7. The molecule has 7 atom stereocenters. The molecule has 2 aromatic rings. The van der Waals surface area contributed by atoms with E-state index in [0.717, 1.165) is 54.7 Å². The number of phosphoric ester groups is 3. The zero-order valence-electron chi connectivity index (χ0n) is 33.4. The molecule has 2 fully saturated rings. The molecule has 2 aromatic heterocycles. The van der Waals surface area contributed by atoms with Crippen molar-refractivity contribution in [3.63, 3.8) is 0 Å². The molecule has 61 heavy (non-hydrogen) atoms. The Hall–Kier alpha value is -2.77. The van der Waals surface area contributed by atoms with Crippen LogP contribution in [0.4, 0.5) is 5.82 Å². The van der Waals surface area contributed by atoms with Crippen LogP contribution in [-0.4, -0.2) is 128 Å². The molecule has 25 nitrogen and oxygen atoms in total. The SMILES string of the molecule is CC(C)(COP(=O)(O)OP(=O)(O)OCC1OC(C)(n2cnc3c(N)ncnc32)C(O)C1OP(=O)(O)O)C(O)C(=O)NCCC(=O)NCCSC(=O)CC(=O)CC1CCCCC1. The number of aromatic nitrogens is 4. The van der Waals surface area contributed by atoms with Gasteiger partial charge in [0.1, 0.15) is 42.0 Å². The number of ketones is 1. The van der Waals surface area contributed by atoms with Crippen molar-refractivity contribution in [2.75, 3.05) is 37.8 Å². The summed E-state index contributed by atoms with van der Waals surface area (Å²) in [7, 11) is -16.5. The van der Waals surface area contributed by atoms with Gasteiger partial charge in [0.2, 0.25) is 11.8 Å². The van der Waals surface area contributed by atoms with Crippen LogP contribution in [0.2, 0.25) is 0 Å². The second kappa shape index (κ2) is 21.3. The topological polar surface area (TPSA) is 381 Å². The number of rotatable bonds is 23. The highest BCUT2D eigenvalue weighted by molar-refractivity contribution is 8.13. The molecule has 10 N–H and O–H groups in total. The minimum absolute atomic E-state index is 0.0145. The molecule has 1 aliphatic heterocycles. The number of thioether (sulfide) groups is 1. The van der Waals surface area contributed by atoms with E-state index < -0.39 is 84.1 Å². The molecule has 2 amide bonds. The molecule has 0 radical (unpaired) electrons. The predicted octanol–water partition coefficient (Wildman–Crippen LogP) is 0.768. The lowest BCUT2D eigenvalue weighted by atomic mass is 9.85. The van der Waals surface area contributed by atoms with Gasteiger partial charge in [-0.3, -0.25) is 37.3 Å². The first-order valence-corrected chi connectivity index (χ1v) is 24.4. The monoisotopic (exact) mass is 947 g/mol. The van der Waals surface area contributed by atoms with Crippen molar-refractivity contribution >= 4 is 74.9 Å². The fourth-order valence-electron chi connectivity index (χ4n) is 6.61. The number of ether oxygens (including phenoxy) is 1. The zero-order valence-corrected chi connectivity index (χ0v) is 36.9. The van der Waals surface area contributed by atoms with E-state index >= 15 is 0 Å². The van der Waals surface area contributed by atoms with Gasteiger partial charge >= 0.3 is 23.5 Å². The molecule has 1 aliphatic carbocycles. The van der Waals surface area contributed by atoms with Crippen molar-refractivity contribution in [1.82, 2.24) is 30.2 Å². The first kappa shape index (κ1) is 50.9. The Morgan fingerprint density at radius 3 is 2.38 bits per heavy atom. The van der Waals surface area contributed by atoms with Crippen LogP contribution in [0.1, 0.15) is 72.1 Å². The van der Waals surface area contributed by atoms with Gasteiger partial charge in [-0.05, 0) is 12.8 Å². The van der Waals surface area contributed by atoms with Gasteiger partial charge in [0, 0.05) is 37.1 Å². The lowest BCUT2D eigenvalue weighted by Crippen LogP contribution is -2.46. The number of Topliss-reactive ketones (excluding diaryl/α,β-unsaturated/α-hetero) is 1. The smallest absolute Gasteiger partial charge is 0.385 e. The summed E-state index contributed by atoms with van der Waals surface area (Å²) in [6.07, 6.45) is 0.0508. The molecule has 0 spiro atoms. The molecule has 0 bridgehead atoms. The quantitative estimate of drug-likeness (QED) is 0.0422. The summed E-state index contributed by atoms with van der Waals surface area (Å²) in [6, 6.07) is 0. The minimum Gasteiger partial charge on any atom is -0.385 e. The maximum absolute atomic E-state index is 12.8. The zero-order chi connectivity index (χ0) is 45.4. The van der Waals surface area contributed by atoms with Crippen LogP contribution >= 0.6 is 35.2 Å². The number of nitrogens with zero attached hydrogens (tertiary/aromatic N) is 4. The van der Waals surface area contributed by atoms with E-state index in [1.165, 1.54) is 27.2 Å². The molecule has 344 valence electrons. The van der Waals surface area contributed by atoms with Crippen LogP contribution in [0, 0.1) is 11.3 Å². The normalized spacial score (nSPS) is 23.9. The number of fused-ring (bicyclic) bond motifs is 1. The van der Waals surface area contributed by atoms with Crippen molar-refractivity contribution in [3.05, 3.63) is 12.7 Å². The number of hydrogen-bond acceptors (Lipinski definition) is 19. The number of imidazole rings is 1. The largest absolute Gasteiger partial charge is 0.481 e. The molecule has 7 unspecified atom stereocenters. The Bertz CT molecular complexity index is 2030. The molecule has 0 aromatic carbocycles. The van der Waals surface area contributed by atoms with E-state index in [1.807, 2.05) is 0 Å². The summed E-state index contributed by atoms with van der Waals surface area (Å²) in [4.78, 5) is 101. The van der Waals surface area contributed by atoms with Gasteiger partial charge in [0.25, 0.3) is 0 Å². The van der Waals surface area contributed by atoms with Crippen LogP contribution < -0.4 is 16.4 Å². The highest BCUT2D eigenvalue weighted by Crippen LogP contribution is 2.61. The molecule has 29 heteroatoms. The molecule has 3 heterocycles. The summed E-state index contributed by atoms with van der Waals surface area (Å²) in [5.41, 5.74) is 2.27. The number of nitrogen functional groups attached to an aromatic ring is 1. The van der Waals surface area contributed by atoms with Gasteiger partial charge in [-0.1, -0.05) is 57.7 Å². The number of aliphatic hydroxyl groups excluding tert-OH is 2. The van der Waals surface area contributed by atoms with Crippen molar-refractivity contribution in [2.45, 2.75) is 102 Å². The summed E-state index contributed by atoms with van der Waals surface area (Å²) in [5, 5.41) is 26.4. The van der Waals surface area contributed by atoms with Crippen LogP contribution in [0.15, 0.2) is 12.7 Å². The van der Waals surface area contributed by atoms with Crippen LogP contribution in [0.25, 0.3) is 11.2 Å². The Morgan fingerprint density at radius 1 is 1.03 bits per heavy atom. The number of anilines is 1. The number of phosphoric acid groups is 3. The summed E-state index contributed by atoms with van der Waals surface area (Å²) in [5.74, 6) is -1.03. The van der Waals surface area contributed by atoms with Crippen molar-refractivity contribution < 1.29 is 85.3 Å². The summed E-state index contributed by atoms with van der Waals surface area (Å²) >= 11 is 0.940. The second-order valence-electron chi connectivity index (χ2n) is 15.3. The first-order valence-electron chi connectivity index (χ1n) is 18.9. The number of aliphatic hydroxyl groups is 2. The number of nitrogens with two attached hydrogens (primary N) is 1. The molecular formula is C32H52N7O18P3S. The third-order valence-electron chi connectivity index (χ3n) is 9.83. The lowest BCUT2D eigenvalue weighted by molar-refractivity contribution is -0.137. The number of amides is 2. The average Bonchev–Trinajstić information content (AvgIpc) is 3.71. The Labute approximate surface area is 353 Å². The third-order valence-corrected chi connectivity index (χ3v) is 13.8. The van der Waals surface area contributed by atoms with E-state index in [1.54, 1.807) is 0 Å². The number of hydrogen-bond donors (Lipinski definition) is 9. The standard InChI is InChI=1S/C32H52N7O18P3S/c1-31(2,27(44)30(45)35-10-9-22(41)34-11-12-61-23(42)14-20(40)13-19-7-5-4-6-8-19)16-54-60(51,52)57-59(49,50)53-15-21-25(56-58(46,47)48)26(43)32(3,55-21)39-18-38-24-28(33)36-17-37-29(24)39/h17-19,21,25-27,43-44H,4-16H2,1-3H3,(H,34,41)(H,35,45)(H,49,50)(H,51,52)(H2,33,36,37)(H2,46,47,48). The van der Waals surface area contributed by atoms with Gasteiger partial charge in [-0.2, -0.15) is 4.31 Å². The van der Waals surface area contributed by atoms with Crippen LogP contribution in [0.5, 0.6) is 0 Å². The van der Waals surface area contributed by atoms with Gasteiger partial charge in [-0.25, -0.2) is 28.6 Å². The predicted molar refractivity (Wildman–Crippen MR) is 213 cm³/mol. The fraction of sp³-hybridized carbons (Fsp3) is 0.719. The molecule has 1 saturated carbocycles.